The average molecular weight is 494 g/mol. The summed E-state index contributed by atoms with van der Waals surface area (Å²) < 4.78 is 14.0. The van der Waals surface area contributed by atoms with Gasteiger partial charge in [0.05, 0.1) is 40.8 Å². The molecule has 7 rings (SSSR count). The number of nitrogens with one attached hydrogen (secondary N) is 2. The van der Waals surface area contributed by atoms with Crippen molar-refractivity contribution in [2.24, 2.45) is 5.73 Å². The zero-order valence-electron chi connectivity index (χ0n) is 19.2. The van der Waals surface area contributed by atoms with Crippen LogP contribution >= 0.6 is 0 Å². The van der Waals surface area contributed by atoms with E-state index in [1.165, 1.54) is 12.1 Å². The summed E-state index contributed by atoms with van der Waals surface area (Å²) in [6.45, 7) is 1.49. The lowest BCUT2D eigenvalue weighted by molar-refractivity contribution is 0.469. The fourth-order valence-corrected chi connectivity index (χ4v) is 4.52. The van der Waals surface area contributed by atoms with Crippen LogP contribution in [-0.4, -0.2) is 64.3 Å². The smallest absolute Gasteiger partial charge is 0.161 e. The van der Waals surface area contributed by atoms with E-state index in [1.54, 1.807) is 24.8 Å². The van der Waals surface area contributed by atoms with Crippen LogP contribution in [0.4, 0.5) is 10.2 Å². The zero-order valence-corrected chi connectivity index (χ0v) is 19.2. The summed E-state index contributed by atoms with van der Waals surface area (Å²) in [6.07, 6.45) is 6.60. The van der Waals surface area contributed by atoms with E-state index < -0.39 is 5.82 Å². The molecule has 1 aromatic carbocycles. The minimum Gasteiger partial charge on any atom is -0.508 e. The Morgan fingerprint density at radius 2 is 1.78 bits per heavy atom. The quantitative estimate of drug-likeness (QED) is 0.289. The standard InChI is InChI=1S/C25H19FN10O/c26-13-3-12(4-15(37)5-13)16-6-28-8-20-22(16)33-25(32-20)24-23-18(34-35-24)2-1-17(31-23)19-7-29-9-21(30-19)36-10-14(27)11-36/h1-9,14,37H,10-11,27H2,(H,32,33)(H,34,35). The molecule has 0 atom stereocenters. The molecule has 1 saturated heterocycles. The largest absolute Gasteiger partial charge is 0.508 e. The number of nitrogens with zero attached hydrogens (tertiary/aromatic N) is 7. The van der Waals surface area contributed by atoms with Crippen LogP contribution in [0.15, 0.2) is 55.1 Å². The number of aromatic nitrogens is 8. The fraction of sp³-hybridized carbons (Fsp3) is 0.120. The van der Waals surface area contributed by atoms with E-state index in [-0.39, 0.29) is 11.8 Å². The Kier molecular flexibility index (Phi) is 4.63. The van der Waals surface area contributed by atoms with Gasteiger partial charge in [-0.05, 0) is 29.8 Å². The molecule has 0 amide bonds. The molecule has 0 aliphatic carbocycles. The van der Waals surface area contributed by atoms with Gasteiger partial charge >= 0.3 is 0 Å². The lowest BCUT2D eigenvalue weighted by Crippen LogP contribution is -2.56. The maximum Gasteiger partial charge on any atom is 0.161 e. The molecule has 1 aliphatic rings. The topological polar surface area (TPSA) is 158 Å². The van der Waals surface area contributed by atoms with Crippen molar-refractivity contribution in [3.63, 3.8) is 0 Å². The summed E-state index contributed by atoms with van der Waals surface area (Å²) in [7, 11) is 0. The first-order valence-corrected chi connectivity index (χ1v) is 11.5. The minimum atomic E-state index is -0.554. The molecule has 0 unspecified atom stereocenters. The van der Waals surface area contributed by atoms with Gasteiger partial charge in [-0.1, -0.05) is 0 Å². The summed E-state index contributed by atoms with van der Waals surface area (Å²) in [5.41, 5.74) is 11.3. The van der Waals surface area contributed by atoms with Crippen LogP contribution in [0.25, 0.3) is 56.1 Å². The van der Waals surface area contributed by atoms with Gasteiger partial charge in [0.2, 0.25) is 0 Å². The molecule has 5 aromatic heterocycles. The monoisotopic (exact) mass is 494 g/mol. The van der Waals surface area contributed by atoms with Gasteiger partial charge in [-0.15, -0.1) is 0 Å². The minimum absolute atomic E-state index is 0.152. The number of imidazole rings is 1. The van der Waals surface area contributed by atoms with Crippen molar-refractivity contribution < 1.29 is 9.50 Å². The number of nitrogens with two attached hydrogens (primary N) is 1. The molecule has 1 fully saturated rings. The second-order valence-corrected chi connectivity index (χ2v) is 8.96. The molecule has 0 radical (unpaired) electrons. The molecule has 0 spiro atoms. The molecule has 182 valence electrons. The molecule has 1 aliphatic heterocycles. The molecule has 37 heavy (non-hydrogen) atoms. The third kappa shape index (κ3) is 3.62. The SMILES string of the molecule is NC1CN(c2cncc(-c3ccc4[nH]nc(-c5nc6c(-c7cc(O)cc(F)c7)cncc6[nH]5)c4n3)n2)C1. The number of anilines is 1. The van der Waals surface area contributed by atoms with Crippen LogP contribution in [0, 0.1) is 5.82 Å². The molecule has 0 saturated carbocycles. The highest BCUT2D eigenvalue weighted by Gasteiger charge is 2.25. The number of phenolic OH excluding ortho intramolecular Hbond substituents is 1. The number of hydrogen-bond donors (Lipinski definition) is 4. The van der Waals surface area contributed by atoms with Crippen molar-refractivity contribution in [1.82, 2.24) is 40.1 Å². The van der Waals surface area contributed by atoms with Crippen LogP contribution in [0.3, 0.4) is 0 Å². The molecule has 11 nitrogen and oxygen atoms in total. The number of hydrogen-bond acceptors (Lipinski definition) is 9. The Bertz CT molecular complexity index is 1790. The molecule has 5 N–H and O–H groups in total. The fourth-order valence-electron chi connectivity index (χ4n) is 4.52. The van der Waals surface area contributed by atoms with Crippen molar-refractivity contribution in [3.05, 3.63) is 60.9 Å². The number of fused-ring (bicyclic) bond motifs is 2. The van der Waals surface area contributed by atoms with Gasteiger partial charge in [0.25, 0.3) is 0 Å². The first kappa shape index (κ1) is 21.3. The summed E-state index contributed by atoms with van der Waals surface area (Å²) in [4.78, 5) is 28.2. The average Bonchev–Trinajstić information content (AvgIpc) is 3.49. The first-order chi connectivity index (χ1) is 18.0. The predicted octanol–water partition coefficient (Wildman–Crippen LogP) is 3.01. The second kappa shape index (κ2) is 8.03. The van der Waals surface area contributed by atoms with E-state index in [4.69, 9.17) is 20.7 Å². The van der Waals surface area contributed by atoms with Gasteiger partial charge in [0.15, 0.2) is 11.5 Å². The van der Waals surface area contributed by atoms with E-state index in [2.05, 4.69) is 30.0 Å². The van der Waals surface area contributed by atoms with E-state index in [0.717, 1.165) is 30.5 Å². The lowest BCUT2D eigenvalue weighted by Gasteiger charge is -2.37. The molecule has 6 heterocycles. The zero-order chi connectivity index (χ0) is 25.1. The molecular weight excluding hydrogens is 475 g/mol. The number of benzene rings is 1. The molecule has 0 bridgehead atoms. The lowest BCUT2D eigenvalue weighted by atomic mass is 10.1. The van der Waals surface area contributed by atoms with Crippen molar-refractivity contribution in [1.29, 1.82) is 0 Å². The Labute approximate surface area is 208 Å². The number of rotatable bonds is 4. The Morgan fingerprint density at radius 1 is 0.919 bits per heavy atom. The highest BCUT2D eigenvalue weighted by molar-refractivity contribution is 5.95. The Balaban J connectivity index is 1.31. The summed E-state index contributed by atoms with van der Waals surface area (Å²) in [6, 6.07) is 7.73. The van der Waals surface area contributed by atoms with Gasteiger partial charge in [0.1, 0.15) is 28.6 Å². The third-order valence-corrected chi connectivity index (χ3v) is 6.34. The number of pyridine rings is 2. The van der Waals surface area contributed by atoms with Gasteiger partial charge in [-0.2, -0.15) is 5.10 Å². The highest BCUT2D eigenvalue weighted by atomic mass is 19.1. The number of H-pyrrole nitrogens is 2. The van der Waals surface area contributed by atoms with Crippen LogP contribution in [0.1, 0.15) is 0 Å². The van der Waals surface area contributed by atoms with Crippen molar-refractivity contribution >= 4 is 27.9 Å². The van der Waals surface area contributed by atoms with Gasteiger partial charge in [-0.25, -0.2) is 19.3 Å². The second-order valence-electron chi connectivity index (χ2n) is 8.96. The Morgan fingerprint density at radius 3 is 2.62 bits per heavy atom. The summed E-state index contributed by atoms with van der Waals surface area (Å²) >= 11 is 0. The van der Waals surface area contributed by atoms with Crippen LogP contribution in [-0.2, 0) is 0 Å². The Hall–Kier alpha value is -4.97. The van der Waals surface area contributed by atoms with Gasteiger partial charge in [-0.3, -0.25) is 15.1 Å². The first-order valence-electron chi connectivity index (χ1n) is 11.5. The highest BCUT2D eigenvalue weighted by Crippen LogP contribution is 2.33. The van der Waals surface area contributed by atoms with Crippen LogP contribution in [0.2, 0.25) is 0 Å². The van der Waals surface area contributed by atoms with E-state index in [0.29, 0.717) is 50.6 Å². The molecular formula is C25H19FN10O. The number of phenols is 1. The maximum absolute atomic E-state index is 14.0. The van der Waals surface area contributed by atoms with Gasteiger partial charge < -0.3 is 20.7 Å². The number of aromatic hydroxyl groups is 1. The van der Waals surface area contributed by atoms with Crippen LogP contribution < -0.4 is 10.6 Å². The van der Waals surface area contributed by atoms with Crippen molar-refractivity contribution in [3.8, 4) is 39.8 Å². The third-order valence-electron chi connectivity index (χ3n) is 6.34. The van der Waals surface area contributed by atoms with Gasteiger partial charge in [0, 0.05) is 37.0 Å². The molecule has 12 heteroatoms. The number of halogens is 1. The maximum atomic E-state index is 14.0. The molecule has 6 aromatic rings. The van der Waals surface area contributed by atoms with E-state index in [1.807, 2.05) is 12.1 Å². The summed E-state index contributed by atoms with van der Waals surface area (Å²) in [5, 5.41) is 17.3. The summed E-state index contributed by atoms with van der Waals surface area (Å²) in [5.74, 6) is 0.494. The number of aromatic amines is 2. The van der Waals surface area contributed by atoms with Crippen molar-refractivity contribution in [2.45, 2.75) is 6.04 Å². The normalized spacial score (nSPS) is 13.9. The van der Waals surface area contributed by atoms with Crippen molar-refractivity contribution in [2.75, 3.05) is 18.0 Å². The predicted molar refractivity (Wildman–Crippen MR) is 135 cm³/mol. The van der Waals surface area contributed by atoms with Crippen LogP contribution in [0.5, 0.6) is 5.75 Å². The van der Waals surface area contributed by atoms with E-state index in [9.17, 15) is 9.50 Å². The van der Waals surface area contributed by atoms with E-state index >= 15 is 0 Å².